The number of aryl methyl sites for hydroxylation is 1. The highest BCUT2D eigenvalue weighted by atomic mass is 16.1. The second kappa shape index (κ2) is 6.31. The lowest BCUT2D eigenvalue weighted by molar-refractivity contribution is -0.116. The van der Waals surface area contributed by atoms with Crippen LogP contribution in [0.5, 0.6) is 0 Å². The number of aliphatic imine (C=N–C) groups is 1. The molecule has 1 aliphatic carbocycles. The first-order valence-corrected chi connectivity index (χ1v) is 8.51. The highest BCUT2D eigenvalue weighted by Gasteiger charge is 2.27. The predicted molar refractivity (Wildman–Crippen MR) is 96.9 cm³/mol. The number of carbonyl (C=O) groups is 2. The number of hydrogen-bond donors (Lipinski definition) is 0. The van der Waals surface area contributed by atoms with Crippen molar-refractivity contribution in [1.82, 2.24) is 0 Å². The van der Waals surface area contributed by atoms with Gasteiger partial charge in [0.15, 0.2) is 11.6 Å². The average molecular weight is 321 g/mol. The first-order valence-electron chi connectivity index (χ1n) is 8.51. The van der Waals surface area contributed by atoms with E-state index in [1.807, 2.05) is 6.07 Å². The number of hydrogen-bond acceptors (Lipinski definition) is 3. The number of ketones is 2. The molecular formula is C21H23NO2. The van der Waals surface area contributed by atoms with Crippen molar-refractivity contribution in [3.63, 3.8) is 0 Å². The van der Waals surface area contributed by atoms with Crippen molar-refractivity contribution in [3.8, 4) is 0 Å². The van der Waals surface area contributed by atoms with Gasteiger partial charge in [-0.1, -0.05) is 12.1 Å². The highest BCUT2D eigenvalue weighted by molar-refractivity contribution is 6.24. The van der Waals surface area contributed by atoms with E-state index in [9.17, 15) is 9.59 Å². The van der Waals surface area contributed by atoms with Gasteiger partial charge in [-0.25, -0.2) is 0 Å². The van der Waals surface area contributed by atoms with Crippen LogP contribution >= 0.6 is 0 Å². The molecule has 3 heteroatoms. The molecule has 0 fully saturated rings. The molecule has 0 spiro atoms. The predicted octanol–water partition coefficient (Wildman–Crippen LogP) is 4.60. The van der Waals surface area contributed by atoms with Crippen LogP contribution in [0.4, 0.5) is 5.69 Å². The van der Waals surface area contributed by atoms with E-state index in [1.54, 1.807) is 20.8 Å². The lowest BCUT2D eigenvalue weighted by Crippen LogP contribution is -2.20. The van der Waals surface area contributed by atoms with E-state index in [4.69, 9.17) is 4.99 Å². The lowest BCUT2D eigenvalue weighted by atomic mass is 9.83. The Hall–Kier alpha value is -2.29. The molecule has 0 unspecified atom stereocenters. The Balaban J connectivity index is 1.65. The van der Waals surface area contributed by atoms with Crippen LogP contribution in [0.25, 0.3) is 0 Å². The minimum atomic E-state index is 0.0170. The Bertz CT molecular complexity index is 837. The summed E-state index contributed by atoms with van der Waals surface area (Å²) in [6.07, 6.45) is 3.28. The number of allylic oxidation sites excluding steroid dienone is 4. The van der Waals surface area contributed by atoms with Gasteiger partial charge in [-0.3, -0.25) is 14.6 Å². The zero-order chi connectivity index (χ0) is 17.4. The van der Waals surface area contributed by atoms with Crippen LogP contribution in [0.2, 0.25) is 0 Å². The number of fused-ring (bicyclic) bond motifs is 1. The minimum Gasteiger partial charge on any atom is -0.289 e. The van der Waals surface area contributed by atoms with Gasteiger partial charge in [0.1, 0.15) is 0 Å². The summed E-state index contributed by atoms with van der Waals surface area (Å²) in [4.78, 5) is 29.4. The second-order valence-electron chi connectivity index (χ2n) is 6.79. The van der Waals surface area contributed by atoms with Gasteiger partial charge < -0.3 is 0 Å². The molecule has 3 rings (SSSR count). The fourth-order valence-corrected chi connectivity index (χ4v) is 3.51. The van der Waals surface area contributed by atoms with Crippen molar-refractivity contribution in [1.29, 1.82) is 0 Å². The molecule has 0 N–H and O–H groups in total. The van der Waals surface area contributed by atoms with Crippen LogP contribution in [0.1, 0.15) is 51.2 Å². The van der Waals surface area contributed by atoms with Crippen LogP contribution in [0.15, 0.2) is 45.5 Å². The molecule has 0 radical (unpaired) electrons. The smallest absolute Gasteiger partial charge is 0.185 e. The van der Waals surface area contributed by atoms with E-state index in [-0.39, 0.29) is 11.6 Å². The van der Waals surface area contributed by atoms with E-state index < -0.39 is 0 Å². The van der Waals surface area contributed by atoms with E-state index in [0.29, 0.717) is 28.7 Å². The quantitative estimate of drug-likeness (QED) is 0.761. The molecule has 0 amide bonds. The van der Waals surface area contributed by atoms with Crippen molar-refractivity contribution in [3.05, 3.63) is 51.6 Å². The normalized spacial score (nSPS) is 17.6. The molecule has 1 heterocycles. The first kappa shape index (κ1) is 16.6. The topological polar surface area (TPSA) is 46.5 Å². The SMILES string of the molecule is CC1=C(C)C(=O)C(CCCC2=Nc3cccc(C)c3C2)=C(C)C1=O. The Morgan fingerprint density at radius 3 is 2.33 bits per heavy atom. The lowest BCUT2D eigenvalue weighted by Gasteiger charge is -2.18. The molecule has 24 heavy (non-hydrogen) atoms. The summed E-state index contributed by atoms with van der Waals surface area (Å²) in [6, 6.07) is 6.22. The highest BCUT2D eigenvalue weighted by Crippen LogP contribution is 2.31. The maximum atomic E-state index is 12.4. The number of carbonyl (C=O) groups excluding carboxylic acids is 2. The van der Waals surface area contributed by atoms with Crippen molar-refractivity contribution >= 4 is 23.0 Å². The van der Waals surface area contributed by atoms with Crippen molar-refractivity contribution < 1.29 is 9.59 Å². The average Bonchev–Trinajstić information content (AvgIpc) is 2.99. The molecule has 0 saturated carbocycles. The van der Waals surface area contributed by atoms with Gasteiger partial charge in [-0.05, 0) is 64.2 Å². The summed E-state index contributed by atoms with van der Waals surface area (Å²) >= 11 is 0. The van der Waals surface area contributed by atoms with E-state index >= 15 is 0 Å². The van der Waals surface area contributed by atoms with E-state index in [0.717, 1.165) is 24.9 Å². The third kappa shape index (κ3) is 2.79. The number of Topliss-reactive ketones (excluding diaryl/α,β-unsaturated/α-hetero) is 2. The minimum absolute atomic E-state index is 0.0170. The first-order chi connectivity index (χ1) is 11.4. The third-order valence-electron chi connectivity index (χ3n) is 5.25. The number of benzene rings is 1. The molecule has 1 aliphatic heterocycles. The Labute approximate surface area is 143 Å². The van der Waals surface area contributed by atoms with E-state index in [2.05, 4.69) is 19.1 Å². The molecule has 2 aliphatic rings. The third-order valence-corrected chi connectivity index (χ3v) is 5.25. The maximum Gasteiger partial charge on any atom is 0.185 e. The van der Waals surface area contributed by atoms with Gasteiger partial charge in [0, 0.05) is 34.4 Å². The van der Waals surface area contributed by atoms with E-state index in [1.165, 1.54) is 16.8 Å². The maximum absolute atomic E-state index is 12.4. The molecule has 0 saturated heterocycles. The van der Waals surface area contributed by atoms with Gasteiger partial charge in [0.25, 0.3) is 0 Å². The van der Waals surface area contributed by atoms with Crippen LogP contribution in [-0.2, 0) is 16.0 Å². The monoisotopic (exact) mass is 321 g/mol. The van der Waals surface area contributed by atoms with Crippen molar-refractivity contribution in [2.45, 2.75) is 53.4 Å². The standard InChI is InChI=1S/C21H23NO2/c1-12-7-5-10-19-18(12)11-16(22-19)8-6-9-17-15(4)20(23)13(2)14(3)21(17)24/h5,7,10H,6,8-9,11H2,1-4H3. The van der Waals surface area contributed by atoms with Crippen molar-refractivity contribution in [2.24, 2.45) is 4.99 Å². The molecule has 1 aromatic rings. The van der Waals surface area contributed by atoms with Gasteiger partial charge in [-0.15, -0.1) is 0 Å². The molecule has 1 aromatic carbocycles. The fraction of sp³-hybridized carbons (Fsp3) is 0.381. The summed E-state index contributed by atoms with van der Waals surface area (Å²) < 4.78 is 0. The Morgan fingerprint density at radius 2 is 1.62 bits per heavy atom. The summed E-state index contributed by atoms with van der Waals surface area (Å²) in [5.41, 5.74) is 7.37. The van der Waals surface area contributed by atoms with Gasteiger partial charge >= 0.3 is 0 Å². The molecular weight excluding hydrogens is 298 g/mol. The number of nitrogens with zero attached hydrogens (tertiary/aromatic N) is 1. The Morgan fingerprint density at radius 1 is 0.917 bits per heavy atom. The molecule has 0 bridgehead atoms. The Kier molecular flexibility index (Phi) is 4.35. The largest absolute Gasteiger partial charge is 0.289 e. The number of rotatable bonds is 4. The molecule has 3 nitrogen and oxygen atoms in total. The van der Waals surface area contributed by atoms with Gasteiger partial charge in [0.05, 0.1) is 5.69 Å². The van der Waals surface area contributed by atoms with Crippen LogP contribution in [0, 0.1) is 6.92 Å². The molecule has 0 atom stereocenters. The van der Waals surface area contributed by atoms with Crippen LogP contribution < -0.4 is 0 Å². The zero-order valence-corrected chi connectivity index (χ0v) is 14.8. The van der Waals surface area contributed by atoms with Gasteiger partial charge in [0.2, 0.25) is 0 Å². The molecule has 0 aromatic heterocycles. The second-order valence-corrected chi connectivity index (χ2v) is 6.79. The summed E-state index contributed by atoms with van der Waals surface area (Å²) in [5.74, 6) is 0.0560. The fourth-order valence-electron chi connectivity index (χ4n) is 3.51. The summed E-state index contributed by atoms with van der Waals surface area (Å²) in [7, 11) is 0. The van der Waals surface area contributed by atoms with Crippen LogP contribution in [-0.4, -0.2) is 17.3 Å². The summed E-state index contributed by atoms with van der Waals surface area (Å²) in [5, 5.41) is 0. The van der Waals surface area contributed by atoms with Crippen molar-refractivity contribution in [2.75, 3.05) is 0 Å². The zero-order valence-electron chi connectivity index (χ0n) is 14.8. The summed E-state index contributed by atoms with van der Waals surface area (Å²) in [6.45, 7) is 7.39. The molecule has 124 valence electrons. The van der Waals surface area contributed by atoms with Gasteiger partial charge in [-0.2, -0.15) is 0 Å². The van der Waals surface area contributed by atoms with Crippen LogP contribution in [0.3, 0.4) is 0 Å².